The third kappa shape index (κ3) is 1.38. The molecule has 2 nitrogen and oxygen atoms in total. The van der Waals surface area contributed by atoms with Crippen molar-refractivity contribution in [2.45, 2.75) is 13.3 Å². The molecule has 1 rings (SSSR count). The SMILES string of the molecule is COC(=O)[C@H]1C=C[C@@H](C)C1. The predicted octanol–water partition coefficient (Wildman–Crippen LogP) is 1.37. The summed E-state index contributed by atoms with van der Waals surface area (Å²) in [6.45, 7) is 2.10. The molecule has 0 saturated heterocycles. The van der Waals surface area contributed by atoms with E-state index >= 15 is 0 Å². The van der Waals surface area contributed by atoms with Crippen molar-refractivity contribution < 1.29 is 9.53 Å². The highest BCUT2D eigenvalue weighted by Gasteiger charge is 2.22. The minimum Gasteiger partial charge on any atom is -0.469 e. The molecular formula is C8H12O2. The van der Waals surface area contributed by atoms with E-state index < -0.39 is 0 Å². The van der Waals surface area contributed by atoms with Gasteiger partial charge in [0, 0.05) is 0 Å². The molecule has 0 radical (unpaired) electrons. The minimum absolute atomic E-state index is 0.0139. The number of allylic oxidation sites excluding steroid dienone is 1. The Labute approximate surface area is 60.9 Å². The number of esters is 1. The number of methoxy groups -OCH3 is 1. The van der Waals surface area contributed by atoms with Crippen LogP contribution in [0.5, 0.6) is 0 Å². The van der Waals surface area contributed by atoms with E-state index in [1.165, 1.54) is 7.11 Å². The first kappa shape index (κ1) is 7.32. The zero-order valence-electron chi connectivity index (χ0n) is 6.33. The van der Waals surface area contributed by atoms with Crippen LogP contribution in [0.1, 0.15) is 13.3 Å². The molecule has 2 atom stereocenters. The zero-order valence-corrected chi connectivity index (χ0v) is 6.33. The van der Waals surface area contributed by atoms with Crippen molar-refractivity contribution in [3.8, 4) is 0 Å². The van der Waals surface area contributed by atoms with E-state index in [2.05, 4.69) is 17.7 Å². The summed E-state index contributed by atoms with van der Waals surface area (Å²) in [6, 6.07) is 0. The van der Waals surface area contributed by atoms with Crippen LogP contribution in [0.4, 0.5) is 0 Å². The summed E-state index contributed by atoms with van der Waals surface area (Å²) in [5.41, 5.74) is 0. The molecular weight excluding hydrogens is 128 g/mol. The molecule has 10 heavy (non-hydrogen) atoms. The molecule has 0 aromatic rings. The Hall–Kier alpha value is -0.790. The van der Waals surface area contributed by atoms with E-state index in [0.717, 1.165) is 6.42 Å². The summed E-state index contributed by atoms with van der Waals surface area (Å²) in [7, 11) is 1.43. The third-order valence-corrected chi connectivity index (χ3v) is 1.80. The molecule has 1 aliphatic carbocycles. The van der Waals surface area contributed by atoms with Crippen molar-refractivity contribution in [2.75, 3.05) is 7.11 Å². The van der Waals surface area contributed by atoms with Crippen molar-refractivity contribution in [3.63, 3.8) is 0 Å². The van der Waals surface area contributed by atoms with Crippen LogP contribution < -0.4 is 0 Å². The van der Waals surface area contributed by atoms with Gasteiger partial charge >= 0.3 is 5.97 Å². The van der Waals surface area contributed by atoms with Crippen LogP contribution in [0.2, 0.25) is 0 Å². The van der Waals surface area contributed by atoms with Gasteiger partial charge in [0.1, 0.15) is 0 Å². The topological polar surface area (TPSA) is 26.3 Å². The molecule has 0 aliphatic heterocycles. The summed E-state index contributed by atoms with van der Waals surface area (Å²) in [5, 5.41) is 0. The van der Waals surface area contributed by atoms with Crippen molar-refractivity contribution in [1.82, 2.24) is 0 Å². The van der Waals surface area contributed by atoms with Gasteiger partial charge in [-0.05, 0) is 12.3 Å². The molecule has 0 aromatic heterocycles. The largest absolute Gasteiger partial charge is 0.469 e. The van der Waals surface area contributed by atoms with E-state index in [9.17, 15) is 4.79 Å². The lowest BCUT2D eigenvalue weighted by Crippen LogP contribution is -2.12. The summed E-state index contributed by atoms with van der Waals surface area (Å²) in [6.07, 6.45) is 4.89. The normalized spacial score (nSPS) is 30.6. The van der Waals surface area contributed by atoms with Gasteiger partial charge in [0.05, 0.1) is 13.0 Å². The molecule has 0 N–H and O–H groups in total. The van der Waals surface area contributed by atoms with E-state index in [1.807, 2.05) is 6.08 Å². The maximum atomic E-state index is 10.9. The van der Waals surface area contributed by atoms with Gasteiger partial charge in [-0.2, -0.15) is 0 Å². The maximum absolute atomic E-state index is 10.9. The highest BCUT2D eigenvalue weighted by Crippen LogP contribution is 2.23. The van der Waals surface area contributed by atoms with Gasteiger partial charge in [0.2, 0.25) is 0 Å². The molecule has 0 saturated carbocycles. The van der Waals surface area contributed by atoms with Gasteiger partial charge in [-0.15, -0.1) is 0 Å². The zero-order chi connectivity index (χ0) is 7.56. The lowest BCUT2D eigenvalue weighted by Gasteiger charge is -2.04. The molecule has 0 heterocycles. The molecule has 0 amide bonds. The van der Waals surface area contributed by atoms with Crippen LogP contribution in [0.15, 0.2) is 12.2 Å². The number of carbonyl (C=O) groups is 1. The number of hydrogen-bond donors (Lipinski definition) is 0. The quantitative estimate of drug-likeness (QED) is 0.406. The van der Waals surface area contributed by atoms with Crippen LogP contribution >= 0.6 is 0 Å². The standard InChI is InChI=1S/C8H12O2/c1-6-3-4-7(5-6)8(9)10-2/h3-4,6-7H,5H2,1-2H3/t6-,7+/m1/s1. The van der Waals surface area contributed by atoms with Crippen LogP contribution in [0.3, 0.4) is 0 Å². The predicted molar refractivity (Wildman–Crippen MR) is 38.4 cm³/mol. The Morgan fingerprint density at radius 3 is 2.70 bits per heavy atom. The Balaban J connectivity index is 2.46. The molecule has 0 spiro atoms. The van der Waals surface area contributed by atoms with Gasteiger partial charge in [-0.3, -0.25) is 4.79 Å². The average molecular weight is 140 g/mol. The highest BCUT2D eigenvalue weighted by molar-refractivity contribution is 5.74. The van der Waals surface area contributed by atoms with Crippen molar-refractivity contribution in [1.29, 1.82) is 0 Å². The first-order chi connectivity index (χ1) is 4.74. The van der Waals surface area contributed by atoms with E-state index in [-0.39, 0.29) is 11.9 Å². The number of rotatable bonds is 1. The first-order valence-corrected chi connectivity index (χ1v) is 3.50. The molecule has 56 valence electrons. The fraction of sp³-hybridized carbons (Fsp3) is 0.625. The lowest BCUT2D eigenvalue weighted by atomic mass is 10.1. The van der Waals surface area contributed by atoms with Crippen LogP contribution in [-0.4, -0.2) is 13.1 Å². The Bertz CT molecular complexity index is 161. The maximum Gasteiger partial charge on any atom is 0.312 e. The number of hydrogen-bond acceptors (Lipinski definition) is 2. The fourth-order valence-corrected chi connectivity index (χ4v) is 1.21. The molecule has 1 aliphatic rings. The van der Waals surface area contributed by atoms with E-state index in [0.29, 0.717) is 5.92 Å². The minimum atomic E-state index is -0.111. The highest BCUT2D eigenvalue weighted by atomic mass is 16.5. The average Bonchev–Trinajstić information content (AvgIpc) is 2.34. The van der Waals surface area contributed by atoms with Gasteiger partial charge in [0.15, 0.2) is 0 Å². The third-order valence-electron chi connectivity index (χ3n) is 1.80. The van der Waals surface area contributed by atoms with Crippen molar-refractivity contribution in [3.05, 3.63) is 12.2 Å². The van der Waals surface area contributed by atoms with Gasteiger partial charge in [-0.1, -0.05) is 19.1 Å². The molecule has 0 unspecified atom stereocenters. The van der Waals surface area contributed by atoms with E-state index in [4.69, 9.17) is 0 Å². The van der Waals surface area contributed by atoms with Crippen molar-refractivity contribution >= 4 is 5.97 Å². The Kier molecular flexibility index (Phi) is 2.10. The smallest absolute Gasteiger partial charge is 0.312 e. The monoisotopic (exact) mass is 140 g/mol. The molecule has 0 aromatic carbocycles. The second-order valence-corrected chi connectivity index (χ2v) is 2.73. The summed E-state index contributed by atoms with van der Waals surface area (Å²) < 4.78 is 4.59. The van der Waals surface area contributed by atoms with E-state index in [1.54, 1.807) is 0 Å². The van der Waals surface area contributed by atoms with Crippen LogP contribution in [-0.2, 0) is 9.53 Å². The molecule has 0 bridgehead atoms. The molecule has 0 fully saturated rings. The van der Waals surface area contributed by atoms with Crippen molar-refractivity contribution in [2.24, 2.45) is 11.8 Å². The summed E-state index contributed by atoms with van der Waals surface area (Å²) in [4.78, 5) is 10.9. The summed E-state index contributed by atoms with van der Waals surface area (Å²) >= 11 is 0. The first-order valence-electron chi connectivity index (χ1n) is 3.50. The van der Waals surface area contributed by atoms with Crippen LogP contribution in [0.25, 0.3) is 0 Å². The van der Waals surface area contributed by atoms with Gasteiger partial charge in [-0.25, -0.2) is 0 Å². The van der Waals surface area contributed by atoms with Gasteiger partial charge < -0.3 is 4.74 Å². The summed E-state index contributed by atoms with van der Waals surface area (Å²) in [5.74, 6) is 0.435. The number of ether oxygens (including phenoxy) is 1. The van der Waals surface area contributed by atoms with Crippen LogP contribution in [0, 0.1) is 11.8 Å². The number of carbonyl (C=O) groups excluding carboxylic acids is 1. The Morgan fingerprint density at radius 1 is 1.60 bits per heavy atom. The Morgan fingerprint density at radius 2 is 2.30 bits per heavy atom. The second kappa shape index (κ2) is 2.86. The fourth-order valence-electron chi connectivity index (χ4n) is 1.21. The second-order valence-electron chi connectivity index (χ2n) is 2.73. The lowest BCUT2D eigenvalue weighted by molar-refractivity contribution is -0.143. The molecule has 2 heteroatoms. The van der Waals surface area contributed by atoms with Gasteiger partial charge in [0.25, 0.3) is 0 Å².